The van der Waals surface area contributed by atoms with Gasteiger partial charge in [-0.15, -0.1) is 0 Å². The van der Waals surface area contributed by atoms with E-state index in [0.29, 0.717) is 9.99 Å². The standard InChI is InChI=1S/C19H17F3IN3O3/c1-2-16(26(28)29)10-8-25(9-10)19(27)12-4-5-13(20)17(22)18(12)24-15-6-3-11(23)7-14(15)21/h3-7,10,16,24H,2,8-9H2,1H3. The van der Waals surface area contributed by atoms with Crippen LogP contribution in [0.2, 0.25) is 0 Å². The maximum atomic E-state index is 14.4. The van der Waals surface area contributed by atoms with Crippen LogP contribution in [0.1, 0.15) is 23.7 Å². The second kappa shape index (κ2) is 8.56. The highest BCUT2D eigenvalue weighted by molar-refractivity contribution is 14.1. The van der Waals surface area contributed by atoms with E-state index in [1.807, 2.05) is 22.6 Å². The van der Waals surface area contributed by atoms with Crippen molar-refractivity contribution < 1.29 is 22.9 Å². The second-order valence-electron chi connectivity index (χ2n) is 6.76. The van der Waals surface area contributed by atoms with Crippen molar-refractivity contribution in [3.05, 3.63) is 67.0 Å². The molecule has 0 aliphatic carbocycles. The molecule has 0 aromatic heterocycles. The fraction of sp³-hybridized carbons (Fsp3) is 0.316. The second-order valence-corrected chi connectivity index (χ2v) is 8.01. The molecule has 2 aromatic carbocycles. The Bertz CT molecular complexity index is 967. The highest BCUT2D eigenvalue weighted by atomic mass is 127. The Morgan fingerprint density at radius 1 is 1.28 bits per heavy atom. The largest absolute Gasteiger partial charge is 0.350 e. The molecule has 1 amide bonds. The predicted octanol–water partition coefficient (Wildman–Crippen LogP) is 4.58. The number of halogens is 4. The number of hydrogen-bond acceptors (Lipinski definition) is 4. The first kappa shape index (κ1) is 21.3. The molecule has 2 aromatic rings. The highest BCUT2D eigenvalue weighted by Crippen LogP contribution is 2.32. The van der Waals surface area contributed by atoms with E-state index in [9.17, 15) is 28.1 Å². The average molecular weight is 519 g/mol. The topological polar surface area (TPSA) is 75.5 Å². The van der Waals surface area contributed by atoms with E-state index < -0.39 is 35.1 Å². The molecule has 1 N–H and O–H groups in total. The summed E-state index contributed by atoms with van der Waals surface area (Å²) in [5.74, 6) is -4.07. The molecule has 1 fully saturated rings. The smallest absolute Gasteiger partial charge is 0.256 e. The van der Waals surface area contributed by atoms with Crippen LogP contribution in [0.5, 0.6) is 0 Å². The van der Waals surface area contributed by atoms with Crippen LogP contribution >= 0.6 is 22.6 Å². The molecule has 10 heteroatoms. The molecule has 1 aliphatic heterocycles. The van der Waals surface area contributed by atoms with Crippen molar-refractivity contribution in [1.82, 2.24) is 4.90 Å². The Hall–Kier alpha value is -2.37. The molecule has 1 aliphatic rings. The van der Waals surface area contributed by atoms with Crippen molar-refractivity contribution in [2.45, 2.75) is 19.4 Å². The lowest BCUT2D eigenvalue weighted by atomic mass is 9.89. The van der Waals surface area contributed by atoms with Crippen LogP contribution in [0, 0.1) is 37.1 Å². The van der Waals surface area contributed by atoms with Gasteiger partial charge >= 0.3 is 0 Å². The predicted molar refractivity (Wildman–Crippen MR) is 109 cm³/mol. The number of nitrogens with one attached hydrogen (secondary N) is 1. The normalized spacial score (nSPS) is 15.0. The summed E-state index contributed by atoms with van der Waals surface area (Å²) >= 11 is 1.91. The van der Waals surface area contributed by atoms with Crippen LogP contribution in [0.3, 0.4) is 0 Å². The third-order valence-corrected chi connectivity index (χ3v) is 5.62. The number of carbonyl (C=O) groups excluding carboxylic acids is 1. The number of anilines is 2. The van der Waals surface area contributed by atoms with Crippen molar-refractivity contribution >= 4 is 39.9 Å². The number of carbonyl (C=O) groups is 1. The van der Waals surface area contributed by atoms with Crippen molar-refractivity contribution in [3.8, 4) is 0 Å². The summed E-state index contributed by atoms with van der Waals surface area (Å²) in [5, 5.41) is 13.5. The molecule has 6 nitrogen and oxygen atoms in total. The molecule has 1 saturated heterocycles. The van der Waals surface area contributed by atoms with E-state index in [0.717, 1.165) is 12.1 Å². The molecular formula is C19H17F3IN3O3. The summed E-state index contributed by atoms with van der Waals surface area (Å²) in [6.07, 6.45) is 0.337. The minimum Gasteiger partial charge on any atom is -0.350 e. The summed E-state index contributed by atoms with van der Waals surface area (Å²) < 4.78 is 43.0. The first-order valence-corrected chi connectivity index (χ1v) is 9.93. The van der Waals surface area contributed by atoms with Gasteiger partial charge in [0.15, 0.2) is 11.6 Å². The third kappa shape index (κ3) is 4.31. The number of likely N-dealkylation sites (tertiary alicyclic amines) is 1. The fourth-order valence-corrected chi connectivity index (χ4v) is 3.78. The number of rotatable bonds is 6. The summed E-state index contributed by atoms with van der Waals surface area (Å²) in [5.41, 5.74) is -0.751. The summed E-state index contributed by atoms with van der Waals surface area (Å²) in [4.78, 5) is 24.8. The van der Waals surface area contributed by atoms with Crippen molar-refractivity contribution in [1.29, 1.82) is 0 Å². The Morgan fingerprint density at radius 3 is 2.55 bits per heavy atom. The Morgan fingerprint density at radius 2 is 1.97 bits per heavy atom. The molecular weight excluding hydrogens is 502 g/mol. The molecule has 0 saturated carbocycles. The lowest BCUT2D eigenvalue weighted by molar-refractivity contribution is -0.535. The van der Waals surface area contributed by atoms with Gasteiger partial charge in [0.25, 0.3) is 5.91 Å². The number of nitro groups is 1. The SMILES string of the molecule is CCC(C1CN(C(=O)c2ccc(F)c(F)c2Nc2ccc(I)cc2F)C1)[N+](=O)[O-]. The zero-order chi connectivity index (χ0) is 21.3. The van der Waals surface area contributed by atoms with E-state index in [1.165, 1.54) is 17.0 Å². The van der Waals surface area contributed by atoms with Gasteiger partial charge in [-0.3, -0.25) is 14.9 Å². The van der Waals surface area contributed by atoms with Crippen LogP contribution in [0.25, 0.3) is 0 Å². The maximum absolute atomic E-state index is 14.4. The monoisotopic (exact) mass is 519 g/mol. The molecule has 0 radical (unpaired) electrons. The molecule has 0 bridgehead atoms. The van der Waals surface area contributed by atoms with Gasteiger partial charge in [0, 0.05) is 28.0 Å². The maximum Gasteiger partial charge on any atom is 0.256 e. The zero-order valence-electron chi connectivity index (χ0n) is 15.3. The highest BCUT2D eigenvalue weighted by Gasteiger charge is 2.42. The molecule has 1 atom stereocenters. The molecule has 1 unspecified atom stereocenters. The minimum atomic E-state index is -1.30. The van der Waals surface area contributed by atoms with Gasteiger partial charge in [-0.25, -0.2) is 13.2 Å². The van der Waals surface area contributed by atoms with Gasteiger partial charge in [-0.05, 0) is 52.9 Å². The Labute approximate surface area is 178 Å². The molecule has 0 spiro atoms. The van der Waals surface area contributed by atoms with Crippen LogP contribution in [-0.2, 0) is 0 Å². The Balaban J connectivity index is 1.86. The molecule has 154 valence electrons. The quantitative estimate of drug-likeness (QED) is 0.345. The van der Waals surface area contributed by atoms with Gasteiger partial charge in [-0.1, -0.05) is 6.92 Å². The molecule has 3 rings (SSSR count). The zero-order valence-corrected chi connectivity index (χ0v) is 17.5. The van der Waals surface area contributed by atoms with E-state index in [-0.39, 0.29) is 35.2 Å². The van der Waals surface area contributed by atoms with Crippen LogP contribution < -0.4 is 5.32 Å². The van der Waals surface area contributed by atoms with Crippen molar-refractivity contribution in [2.24, 2.45) is 5.92 Å². The Kier molecular flexibility index (Phi) is 6.30. The van der Waals surface area contributed by atoms with Crippen LogP contribution in [-0.4, -0.2) is 34.9 Å². The minimum absolute atomic E-state index is 0.107. The number of nitrogens with zero attached hydrogens (tertiary/aromatic N) is 2. The van der Waals surface area contributed by atoms with Gasteiger partial charge in [0.2, 0.25) is 6.04 Å². The number of amides is 1. The molecule has 1 heterocycles. The van der Waals surface area contributed by atoms with Crippen LogP contribution in [0.4, 0.5) is 24.5 Å². The lowest BCUT2D eigenvalue weighted by Gasteiger charge is -2.40. The number of benzene rings is 2. The third-order valence-electron chi connectivity index (χ3n) is 4.95. The summed E-state index contributed by atoms with van der Waals surface area (Å²) in [6.45, 7) is 1.99. The summed E-state index contributed by atoms with van der Waals surface area (Å²) in [6, 6.07) is 5.32. The van der Waals surface area contributed by atoms with E-state index in [4.69, 9.17) is 0 Å². The number of hydrogen-bond donors (Lipinski definition) is 1. The van der Waals surface area contributed by atoms with Gasteiger partial charge < -0.3 is 10.2 Å². The first-order valence-electron chi connectivity index (χ1n) is 8.85. The van der Waals surface area contributed by atoms with E-state index in [1.54, 1.807) is 13.0 Å². The van der Waals surface area contributed by atoms with Gasteiger partial charge in [0.1, 0.15) is 5.82 Å². The molecule has 29 heavy (non-hydrogen) atoms. The van der Waals surface area contributed by atoms with Crippen molar-refractivity contribution in [2.75, 3.05) is 18.4 Å². The summed E-state index contributed by atoms with van der Waals surface area (Å²) in [7, 11) is 0. The van der Waals surface area contributed by atoms with Crippen molar-refractivity contribution in [3.63, 3.8) is 0 Å². The van der Waals surface area contributed by atoms with Gasteiger partial charge in [0.05, 0.1) is 22.9 Å². The van der Waals surface area contributed by atoms with Crippen LogP contribution in [0.15, 0.2) is 30.3 Å². The average Bonchev–Trinajstić information content (AvgIpc) is 2.62. The lowest BCUT2D eigenvalue weighted by Crippen LogP contribution is -2.55. The first-order chi connectivity index (χ1) is 13.7. The fourth-order valence-electron chi connectivity index (χ4n) is 3.32. The van der Waals surface area contributed by atoms with E-state index in [2.05, 4.69) is 5.32 Å². The van der Waals surface area contributed by atoms with Gasteiger partial charge in [-0.2, -0.15) is 0 Å². The van der Waals surface area contributed by atoms with E-state index >= 15 is 0 Å².